The average Bonchev–Trinajstić information content (AvgIpc) is 2.71. The van der Waals surface area contributed by atoms with Gasteiger partial charge in [-0.05, 0) is 13.8 Å². The summed E-state index contributed by atoms with van der Waals surface area (Å²) >= 11 is 2.91. The van der Waals surface area contributed by atoms with Crippen molar-refractivity contribution in [1.82, 2.24) is 4.72 Å². The van der Waals surface area contributed by atoms with E-state index in [-0.39, 0.29) is 29.5 Å². The maximum atomic E-state index is 11.3. The van der Waals surface area contributed by atoms with E-state index < -0.39 is 15.8 Å². The number of hydrogen-bond acceptors (Lipinski definition) is 5. The van der Waals surface area contributed by atoms with Gasteiger partial charge < -0.3 is 14.2 Å². The molecule has 1 N–H and O–H groups in total. The summed E-state index contributed by atoms with van der Waals surface area (Å²) in [4.78, 5) is 0. The van der Waals surface area contributed by atoms with Gasteiger partial charge in [-0.1, -0.05) is 15.9 Å². The molecular formula is C9H16BrNO5S. The normalized spacial score (nSPS) is 36.1. The van der Waals surface area contributed by atoms with E-state index in [1.54, 1.807) is 0 Å². The van der Waals surface area contributed by atoms with Gasteiger partial charge >= 0.3 is 0 Å². The Balaban J connectivity index is 1.92. The zero-order valence-electron chi connectivity index (χ0n) is 9.68. The second-order valence-electron chi connectivity index (χ2n) is 4.58. The highest BCUT2D eigenvalue weighted by atomic mass is 79.9. The molecule has 2 rings (SSSR count). The summed E-state index contributed by atoms with van der Waals surface area (Å²) < 4.78 is 41.7. The molecule has 0 bridgehead atoms. The lowest BCUT2D eigenvalue weighted by molar-refractivity contribution is -0.174. The predicted molar refractivity (Wildman–Crippen MR) is 64.3 cm³/mol. The summed E-state index contributed by atoms with van der Waals surface area (Å²) in [7, 11) is -3.27. The molecule has 0 aromatic rings. The Morgan fingerprint density at radius 2 is 2.12 bits per heavy atom. The van der Waals surface area contributed by atoms with E-state index in [1.807, 2.05) is 13.8 Å². The number of halogens is 1. The highest BCUT2D eigenvalue weighted by molar-refractivity contribution is 9.10. The third-order valence-electron chi connectivity index (χ3n) is 2.71. The first kappa shape index (κ1) is 13.7. The van der Waals surface area contributed by atoms with Crippen molar-refractivity contribution in [3.05, 3.63) is 0 Å². The van der Waals surface area contributed by atoms with Crippen molar-refractivity contribution in [2.75, 3.05) is 17.8 Å². The van der Waals surface area contributed by atoms with Crippen molar-refractivity contribution in [1.29, 1.82) is 0 Å². The van der Waals surface area contributed by atoms with E-state index >= 15 is 0 Å². The zero-order valence-corrected chi connectivity index (χ0v) is 12.1. The second-order valence-corrected chi connectivity index (χ2v) is 7.69. The van der Waals surface area contributed by atoms with Gasteiger partial charge in [0, 0.05) is 6.54 Å². The fraction of sp³-hybridized carbons (Fsp3) is 1.00. The highest BCUT2D eigenvalue weighted by Crippen LogP contribution is 2.34. The molecule has 1 unspecified atom stereocenters. The molecular weight excluding hydrogens is 314 g/mol. The van der Waals surface area contributed by atoms with Crippen LogP contribution >= 0.6 is 15.9 Å². The Labute approximate surface area is 109 Å². The number of alkyl halides is 1. The van der Waals surface area contributed by atoms with Gasteiger partial charge in [-0.2, -0.15) is 0 Å². The Bertz CT molecular complexity index is 385. The van der Waals surface area contributed by atoms with Gasteiger partial charge in [-0.3, -0.25) is 0 Å². The summed E-state index contributed by atoms with van der Waals surface area (Å²) in [5.41, 5.74) is 0. The monoisotopic (exact) mass is 329 g/mol. The number of fused-ring (bicyclic) bond motifs is 1. The predicted octanol–water partition coefficient (Wildman–Crippen LogP) is 0.177. The van der Waals surface area contributed by atoms with Crippen LogP contribution in [0.15, 0.2) is 0 Å². The number of ether oxygens (including phenoxy) is 3. The Morgan fingerprint density at radius 3 is 2.76 bits per heavy atom. The molecule has 0 amide bonds. The van der Waals surface area contributed by atoms with Gasteiger partial charge in [0.2, 0.25) is 10.0 Å². The average molecular weight is 330 g/mol. The Hall–Kier alpha value is 0.270. The first-order chi connectivity index (χ1) is 7.83. The van der Waals surface area contributed by atoms with Crippen LogP contribution in [0.25, 0.3) is 0 Å². The molecule has 2 aliphatic heterocycles. The smallest absolute Gasteiger partial charge is 0.221 e. The summed E-state index contributed by atoms with van der Waals surface area (Å²) in [6, 6.07) is 0. The van der Waals surface area contributed by atoms with E-state index in [9.17, 15) is 8.42 Å². The van der Waals surface area contributed by atoms with Crippen LogP contribution in [0.5, 0.6) is 0 Å². The summed E-state index contributed by atoms with van der Waals surface area (Å²) in [6.45, 7) is 4.32. The van der Waals surface area contributed by atoms with Crippen molar-refractivity contribution in [2.45, 2.75) is 37.9 Å². The largest absolute Gasteiger partial charge is 0.371 e. The summed E-state index contributed by atoms with van der Waals surface area (Å²) in [6.07, 6.45) is -0.609. The fourth-order valence-electron chi connectivity index (χ4n) is 2.04. The number of rotatable bonds is 4. The maximum absolute atomic E-state index is 11.3. The van der Waals surface area contributed by atoms with Crippen molar-refractivity contribution in [3.63, 3.8) is 0 Å². The molecule has 0 aromatic carbocycles. The SMILES string of the molecule is CC1(C)OC2CO[C@H](CNS(=O)(=O)CBr)[C@@H]2O1. The molecule has 2 saturated heterocycles. The highest BCUT2D eigenvalue weighted by Gasteiger charge is 2.50. The van der Waals surface area contributed by atoms with Crippen LogP contribution in [0.2, 0.25) is 0 Å². The van der Waals surface area contributed by atoms with Gasteiger partial charge in [0.15, 0.2) is 5.79 Å². The van der Waals surface area contributed by atoms with Crippen molar-refractivity contribution in [2.24, 2.45) is 0 Å². The van der Waals surface area contributed by atoms with Gasteiger partial charge in [-0.25, -0.2) is 13.1 Å². The first-order valence-corrected chi connectivity index (χ1v) is 8.11. The lowest BCUT2D eigenvalue weighted by Crippen LogP contribution is -2.40. The van der Waals surface area contributed by atoms with Gasteiger partial charge in [0.25, 0.3) is 0 Å². The van der Waals surface area contributed by atoms with E-state index in [0.29, 0.717) is 6.61 Å². The minimum atomic E-state index is -3.27. The molecule has 17 heavy (non-hydrogen) atoms. The quantitative estimate of drug-likeness (QED) is 0.745. The Morgan fingerprint density at radius 1 is 1.41 bits per heavy atom. The number of sulfonamides is 1. The standard InChI is InChI=1S/C9H16BrNO5S/c1-9(2)15-7-4-14-6(8(7)16-9)3-11-17(12,13)5-10/h6-8,11H,3-5H2,1-2H3/t6-,7?,8+/m1/s1. The molecule has 6 nitrogen and oxygen atoms in total. The topological polar surface area (TPSA) is 73.9 Å². The van der Waals surface area contributed by atoms with E-state index in [2.05, 4.69) is 20.7 Å². The number of hydrogen-bond donors (Lipinski definition) is 1. The number of nitrogens with one attached hydrogen (secondary N) is 1. The molecule has 2 fully saturated rings. The molecule has 8 heteroatoms. The minimum Gasteiger partial charge on any atom is -0.371 e. The lowest BCUT2D eigenvalue weighted by Gasteiger charge is -2.21. The molecule has 2 heterocycles. The lowest BCUT2D eigenvalue weighted by atomic mass is 10.1. The van der Waals surface area contributed by atoms with Crippen LogP contribution in [0.4, 0.5) is 0 Å². The van der Waals surface area contributed by atoms with Crippen molar-refractivity contribution >= 4 is 26.0 Å². The molecule has 0 aliphatic carbocycles. The second kappa shape index (κ2) is 4.75. The van der Waals surface area contributed by atoms with E-state index in [0.717, 1.165) is 0 Å². The molecule has 3 atom stereocenters. The molecule has 0 saturated carbocycles. The minimum absolute atomic E-state index is 0.108. The summed E-state index contributed by atoms with van der Waals surface area (Å²) in [5.74, 6) is -0.619. The zero-order chi connectivity index (χ0) is 12.7. The fourth-order valence-corrected chi connectivity index (χ4v) is 3.02. The Kier molecular flexibility index (Phi) is 3.82. The van der Waals surface area contributed by atoms with Crippen LogP contribution in [0, 0.1) is 0 Å². The van der Waals surface area contributed by atoms with Crippen LogP contribution in [-0.2, 0) is 24.2 Å². The van der Waals surface area contributed by atoms with Gasteiger partial charge in [0.05, 0.1) is 6.61 Å². The molecule has 0 radical (unpaired) electrons. The summed E-state index contributed by atoms with van der Waals surface area (Å²) in [5, 5.41) is 0. The van der Waals surface area contributed by atoms with Crippen LogP contribution in [-0.4, -0.2) is 50.3 Å². The van der Waals surface area contributed by atoms with Crippen molar-refractivity contribution in [3.8, 4) is 0 Å². The van der Waals surface area contributed by atoms with Crippen LogP contribution in [0.1, 0.15) is 13.8 Å². The molecule has 0 aromatic heterocycles. The molecule has 2 aliphatic rings. The van der Waals surface area contributed by atoms with E-state index in [1.165, 1.54) is 0 Å². The third-order valence-corrected chi connectivity index (χ3v) is 5.41. The molecule has 0 spiro atoms. The van der Waals surface area contributed by atoms with E-state index in [4.69, 9.17) is 14.2 Å². The van der Waals surface area contributed by atoms with Gasteiger partial charge in [0.1, 0.15) is 23.0 Å². The van der Waals surface area contributed by atoms with Crippen molar-refractivity contribution < 1.29 is 22.6 Å². The third kappa shape index (κ3) is 3.18. The van der Waals surface area contributed by atoms with Crippen LogP contribution < -0.4 is 4.72 Å². The first-order valence-electron chi connectivity index (χ1n) is 5.33. The van der Waals surface area contributed by atoms with Crippen LogP contribution in [0.3, 0.4) is 0 Å². The van der Waals surface area contributed by atoms with Gasteiger partial charge in [-0.15, -0.1) is 0 Å². The maximum Gasteiger partial charge on any atom is 0.221 e. The molecule has 100 valence electrons.